The zero-order chi connectivity index (χ0) is 13.9. The van der Waals surface area contributed by atoms with Gasteiger partial charge in [-0.15, -0.1) is 0 Å². The molecule has 2 fully saturated rings. The molecule has 110 valence electrons. The lowest BCUT2D eigenvalue weighted by atomic mass is 10.3. The molecule has 0 aromatic carbocycles. The Kier molecular flexibility index (Phi) is 3.86. The molecule has 1 unspecified atom stereocenters. The van der Waals surface area contributed by atoms with E-state index in [0.717, 1.165) is 38.5 Å². The van der Waals surface area contributed by atoms with Gasteiger partial charge >= 0.3 is 0 Å². The Morgan fingerprint density at radius 2 is 1.80 bits per heavy atom. The van der Waals surface area contributed by atoms with Gasteiger partial charge in [-0.05, 0) is 26.2 Å². The number of nitrogens with one attached hydrogen (secondary N) is 1. The van der Waals surface area contributed by atoms with E-state index in [2.05, 4.69) is 25.2 Å². The zero-order valence-electron chi connectivity index (χ0n) is 11.9. The van der Waals surface area contributed by atoms with E-state index >= 15 is 0 Å². The fourth-order valence-corrected chi connectivity index (χ4v) is 2.71. The van der Waals surface area contributed by atoms with Gasteiger partial charge in [0.05, 0.1) is 6.10 Å². The number of aliphatic hydroxyl groups excluding tert-OH is 1. The van der Waals surface area contributed by atoms with Crippen molar-refractivity contribution < 1.29 is 5.11 Å². The fourth-order valence-electron chi connectivity index (χ4n) is 2.71. The van der Waals surface area contributed by atoms with Gasteiger partial charge < -0.3 is 20.2 Å². The van der Waals surface area contributed by atoms with Gasteiger partial charge in [0.15, 0.2) is 0 Å². The normalized spacial score (nSPS) is 22.6. The molecular formula is C13H22N6O. The first-order chi connectivity index (χ1) is 9.76. The molecule has 2 saturated heterocycles. The van der Waals surface area contributed by atoms with Crippen LogP contribution < -0.4 is 15.1 Å². The Hall–Kier alpha value is -1.63. The number of nitrogens with zero attached hydrogens (tertiary/aromatic N) is 5. The largest absolute Gasteiger partial charge is 0.391 e. The summed E-state index contributed by atoms with van der Waals surface area (Å²) in [6, 6.07) is 0. The Balaban J connectivity index is 1.87. The highest BCUT2D eigenvalue weighted by molar-refractivity contribution is 5.46. The van der Waals surface area contributed by atoms with Gasteiger partial charge in [0.25, 0.3) is 0 Å². The number of rotatable bonds is 4. The van der Waals surface area contributed by atoms with Crippen LogP contribution in [-0.2, 0) is 0 Å². The predicted octanol–water partition coefficient (Wildman–Crippen LogP) is 0.475. The second kappa shape index (κ2) is 5.78. The van der Waals surface area contributed by atoms with Crippen molar-refractivity contribution >= 4 is 17.8 Å². The maximum atomic E-state index is 9.68. The molecule has 3 rings (SSSR count). The number of anilines is 3. The lowest BCUT2D eigenvalue weighted by Gasteiger charge is -2.20. The van der Waals surface area contributed by atoms with Gasteiger partial charge in [0, 0.05) is 32.7 Å². The van der Waals surface area contributed by atoms with Gasteiger partial charge in [-0.2, -0.15) is 15.0 Å². The summed E-state index contributed by atoms with van der Waals surface area (Å²) in [5, 5.41) is 12.8. The van der Waals surface area contributed by atoms with Crippen LogP contribution >= 0.6 is 0 Å². The summed E-state index contributed by atoms with van der Waals surface area (Å²) in [4.78, 5) is 17.8. The predicted molar refractivity (Wildman–Crippen MR) is 78.3 cm³/mol. The molecule has 7 nitrogen and oxygen atoms in total. The van der Waals surface area contributed by atoms with Crippen molar-refractivity contribution in [2.24, 2.45) is 0 Å². The maximum Gasteiger partial charge on any atom is 0.232 e. The minimum Gasteiger partial charge on any atom is -0.391 e. The van der Waals surface area contributed by atoms with Crippen LogP contribution in [0.3, 0.4) is 0 Å². The summed E-state index contributed by atoms with van der Waals surface area (Å²) in [5.41, 5.74) is 0. The van der Waals surface area contributed by atoms with Crippen molar-refractivity contribution in [3.8, 4) is 0 Å². The Morgan fingerprint density at radius 1 is 1.10 bits per heavy atom. The third-order valence-corrected chi connectivity index (χ3v) is 3.78. The average molecular weight is 278 g/mol. The summed E-state index contributed by atoms with van der Waals surface area (Å²) in [6.45, 7) is 6.24. The van der Waals surface area contributed by atoms with Crippen LogP contribution in [0.1, 0.15) is 26.2 Å². The van der Waals surface area contributed by atoms with E-state index in [0.29, 0.717) is 18.4 Å². The van der Waals surface area contributed by atoms with Crippen LogP contribution in [0.25, 0.3) is 0 Å². The highest BCUT2D eigenvalue weighted by atomic mass is 16.3. The van der Waals surface area contributed by atoms with Crippen molar-refractivity contribution in [2.75, 3.05) is 47.8 Å². The minimum atomic E-state index is -0.274. The van der Waals surface area contributed by atoms with E-state index in [1.807, 2.05) is 11.8 Å². The molecule has 2 aliphatic heterocycles. The minimum absolute atomic E-state index is 0.274. The number of aliphatic hydroxyl groups is 1. The summed E-state index contributed by atoms with van der Waals surface area (Å²) < 4.78 is 0. The smallest absolute Gasteiger partial charge is 0.232 e. The summed E-state index contributed by atoms with van der Waals surface area (Å²) in [7, 11) is 0. The Morgan fingerprint density at radius 3 is 2.40 bits per heavy atom. The molecule has 1 aromatic heterocycles. The van der Waals surface area contributed by atoms with E-state index in [4.69, 9.17) is 0 Å². The number of β-amino-alcohol motifs (C(OH)–C–C–N with tert-alkyl or cyclic N) is 1. The molecule has 0 spiro atoms. The van der Waals surface area contributed by atoms with Crippen molar-refractivity contribution in [1.82, 2.24) is 15.0 Å². The SMILES string of the molecule is CCNc1nc(N2CCCC2)nc(N2CCC(O)C2)n1. The Bertz CT molecular complexity index is 462. The molecule has 1 aromatic rings. The third kappa shape index (κ3) is 2.77. The van der Waals surface area contributed by atoms with Crippen LogP contribution in [0, 0.1) is 0 Å². The summed E-state index contributed by atoms with van der Waals surface area (Å²) in [6.07, 6.45) is 2.89. The molecule has 2 N–H and O–H groups in total. The van der Waals surface area contributed by atoms with E-state index in [1.54, 1.807) is 0 Å². The van der Waals surface area contributed by atoms with Crippen LogP contribution in [0.2, 0.25) is 0 Å². The second-order valence-corrected chi connectivity index (χ2v) is 5.37. The topological polar surface area (TPSA) is 77.4 Å². The van der Waals surface area contributed by atoms with Gasteiger partial charge in [0.2, 0.25) is 17.8 Å². The molecule has 0 aliphatic carbocycles. The molecule has 20 heavy (non-hydrogen) atoms. The molecule has 3 heterocycles. The van der Waals surface area contributed by atoms with Crippen molar-refractivity contribution in [3.05, 3.63) is 0 Å². The lowest BCUT2D eigenvalue weighted by Crippen LogP contribution is -2.27. The molecule has 0 radical (unpaired) electrons. The molecule has 7 heteroatoms. The third-order valence-electron chi connectivity index (χ3n) is 3.78. The van der Waals surface area contributed by atoms with E-state index in [9.17, 15) is 5.11 Å². The Labute approximate surface area is 119 Å². The fraction of sp³-hybridized carbons (Fsp3) is 0.769. The van der Waals surface area contributed by atoms with Gasteiger partial charge in [-0.1, -0.05) is 0 Å². The van der Waals surface area contributed by atoms with Crippen LogP contribution in [0.5, 0.6) is 0 Å². The number of hydrogen-bond donors (Lipinski definition) is 2. The van der Waals surface area contributed by atoms with Gasteiger partial charge in [-0.25, -0.2) is 0 Å². The van der Waals surface area contributed by atoms with E-state index in [1.165, 1.54) is 12.8 Å². The molecule has 1 atom stereocenters. The highest BCUT2D eigenvalue weighted by Gasteiger charge is 2.25. The molecule has 0 saturated carbocycles. The van der Waals surface area contributed by atoms with Gasteiger partial charge in [-0.3, -0.25) is 0 Å². The number of hydrogen-bond acceptors (Lipinski definition) is 7. The second-order valence-electron chi connectivity index (χ2n) is 5.37. The van der Waals surface area contributed by atoms with Crippen molar-refractivity contribution in [3.63, 3.8) is 0 Å². The maximum absolute atomic E-state index is 9.68. The first kappa shape index (κ1) is 13.4. The number of aromatic nitrogens is 3. The average Bonchev–Trinajstić information content (AvgIpc) is 3.09. The first-order valence-corrected chi connectivity index (χ1v) is 7.44. The first-order valence-electron chi connectivity index (χ1n) is 7.44. The highest BCUT2D eigenvalue weighted by Crippen LogP contribution is 2.22. The lowest BCUT2D eigenvalue weighted by molar-refractivity contribution is 0.198. The van der Waals surface area contributed by atoms with Crippen molar-refractivity contribution in [2.45, 2.75) is 32.3 Å². The van der Waals surface area contributed by atoms with Crippen LogP contribution in [0.4, 0.5) is 17.8 Å². The molecule has 0 amide bonds. The van der Waals surface area contributed by atoms with E-state index in [-0.39, 0.29) is 6.10 Å². The van der Waals surface area contributed by atoms with Crippen molar-refractivity contribution in [1.29, 1.82) is 0 Å². The molecule has 2 aliphatic rings. The van der Waals surface area contributed by atoms with Gasteiger partial charge in [0.1, 0.15) is 0 Å². The molecular weight excluding hydrogens is 256 g/mol. The quantitative estimate of drug-likeness (QED) is 0.829. The zero-order valence-corrected chi connectivity index (χ0v) is 11.9. The van der Waals surface area contributed by atoms with Crippen LogP contribution in [0.15, 0.2) is 0 Å². The monoisotopic (exact) mass is 278 g/mol. The molecule has 0 bridgehead atoms. The summed E-state index contributed by atoms with van der Waals surface area (Å²) >= 11 is 0. The van der Waals surface area contributed by atoms with E-state index < -0.39 is 0 Å². The summed E-state index contributed by atoms with van der Waals surface area (Å²) in [5.74, 6) is 2.06. The standard InChI is InChI=1S/C13H22N6O/c1-2-14-11-15-12(18-6-3-4-7-18)17-13(16-11)19-8-5-10(20)9-19/h10,20H,2-9H2,1H3,(H,14,15,16,17). The van der Waals surface area contributed by atoms with Crippen LogP contribution in [-0.4, -0.2) is 58.9 Å².